The lowest BCUT2D eigenvalue weighted by molar-refractivity contribution is -0.136. The zero-order valence-corrected chi connectivity index (χ0v) is 34.4. The fraction of sp³-hybridized carbons (Fsp3) is 0.476. The van der Waals surface area contributed by atoms with E-state index in [1.807, 2.05) is 52.0 Å². The topological polar surface area (TPSA) is 184 Å². The molecule has 308 valence electrons. The van der Waals surface area contributed by atoms with Gasteiger partial charge in [0.15, 0.2) is 0 Å². The van der Waals surface area contributed by atoms with E-state index in [0.717, 1.165) is 59.4 Å². The number of methoxy groups -OCH3 is 2. The predicted molar refractivity (Wildman–Crippen MR) is 216 cm³/mol. The number of hydrogen-bond acceptors (Lipinski definition) is 9. The molecule has 5 heterocycles. The van der Waals surface area contributed by atoms with Gasteiger partial charge in [0.1, 0.15) is 35.2 Å². The molecule has 2 saturated heterocycles. The summed E-state index contributed by atoms with van der Waals surface area (Å²) in [4.78, 5) is 71.4. The Morgan fingerprint density at radius 1 is 0.828 bits per heavy atom. The summed E-state index contributed by atoms with van der Waals surface area (Å²) in [5, 5.41) is 5.96. The summed E-state index contributed by atoms with van der Waals surface area (Å²) in [7, 11) is 2.57. The molecule has 58 heavy (non-hydrogen) atoms. The molecule has 2 fully saturated rings. The van der Waals surface area contributed by atoms with Crippen LogP contribution in [0.15, 0.2) is 42.7 Å². The maximum atomic E-state index is 13.8. The number of alkyl carbamates (subject to hydrolysis) is 2. The quantitative estimate of drug-likeness (QED) is 0.106. The molecule has 2 aromatic carbocycles. The first-order chi connectivity index (χ1) is 27.9. The second-order valence-electron chi connectivity index (χ2n) is 15.6. The lowest BCUT2D eigenvalue weighted by Gasteiger charge is -2.30. The van der Waals surface area contributed by atoms with E-state index >= 15 is 0 Å². The molecule has 16 heteroatoms. The molecule has 3 aliphatic rings. The molecule has 0 radical (unpaired) electrons. The Balaban J connectivity index is 1.06. The standard InChI is InChI=1S/C42H51ClN8O7/c1-7-23(4)36(49-42(55)57-6)40(53)51-15-9-11-32(51)38-45-21-30(47-38)27-19-34-26(18-28(27)43)17-25-16-24(12-13-33(25)58-34)29-20-44-37(46-29)31-10-8-14-50(31)39(52)35(22(2)3)48-41(54)56-5/h12-13,16,18-23,31-32,35-36H,7-11,14-15,17H2,1-6H3,(H,44,46)(H,45,47)(H,48,54)(H,49,55)/t23-,31-,32-,35-,36-/m0/s1. The maximum absolute atomic E-state index is 13.8. The molecule has 0 saturated carbocycles. The Hall–Kier alpha value is -5.57. The average molecular weight is 815 g/mol. The number of H-pyrrole nitrogens is 2. The van der Waals surface area contributed by atoms with Gasteiger partial charge in [-0.05, 0) is 73.4 Å². The number of nitrogens with zero attached hydrogens (tertiary/aromatic N) is 4. The minimum absolute atomic E-state index is 0.0844. The molecule has 2 aromatic heterocycles. The number of hydrogen-bond donors (Lipinski definition) is 4. The minimum atomic E-state index is -0.711. The SMILES string of the molecule is CC[C@H](C)[C@H](NC(=O)OC)C(=O)N1CCC[C@H]1c1ncc(-c2cc3c(cc2Cl)Cc2cc(-c4cnc([C@@H]5CCCN5C(=O)[C@@H](NC(=O)OC)C(C)C)[nH]4)ccc2O3)[nH]1. The number of imidazole rings is 2. The van der Waals surface area contributed by atoms with Gasteiger partial charge in [-0.2, -0.15) is 0 Å². The zero-order chi connectivity index (χ0) is 41.2. The van der Waals surface area contributed by atoms with Gasteiger partial charge >= 0.3 is 12.2 Å². The number of nitrogens with one attached hydrogen (secondary N) is 4. The van der Waals surface area contributed by atoms with Crippen LogP contribution < -0.4 is 15.4 Å². The van der Waals surface area contributed by atoms with Crippen molar-refractivity contribution in [1.82, 2.24) is 40.4 Å². The lowest BCUT2D eigenvalue weighted by atomic mass is 9.96. The summed E-state index contributed by atoms with van der Waals surface area (Å²) in [5.74, 6) is 2.24. The van der Waals surface area contributed by atoms with Crippen molar-refractivity contribution in [3.8, 4) is 34.0 Å². The fourth-order valence-corrected chi connectivity index (χ4v) is 8.48. The predicted octanol–water partition coefficient (Wildman–Crippen LogP) is 7.30. The highest BCUT2D eigenvalue weighted by Crippen LogP contribution is 2.43. The van der Waals surface area contributed by atoms with Crippen molar-refractivity contribution in [2.45, 2.75) is 90.4 Å². The first kappa shape index (κ1) is 40.6. The molecule has 5 atom stereocenters. The van der Waals surface area contributed by atoms with E-state index in [1.165, 1.54) is 14.2 Å². The van der Waals surface area contributed by atoms with Gasteiger partial charge in [0.25, 0.3) is 0 Å². The van der Waals surface area contributed by atoms with Crippen LogP contribution in [0.5, 0.6) is 11.5 Å². The number of carbonyl (C=O) groups excluding carboxylic acids is 4. The van der Waals surface area contributed by atoms with Crippen LogP contribution in [-0.4, -0.2) is 93.1 Å². The van der Waals surface area contributed by atoms with E-state index in [-0.39, 0.29) is 35.7 Å². The minimum Gasteiger partial charge on any atom is -0.457 e. The number of amides is 4. The fourth-order valence-electron chi connectivity index (χ4n) is 8.19. The van der Waals surface area contributed by atoms with Crippen LogP contribution in [-0.2, 0) is 25.5 Å². The van der Waals surface area contributed by atoms with Crippen molar-refractivity contribution in [2.75, 3.05) is 27.3 Å². The Bertz CT molecular complexity index is 2190. The molecule has 4 amide bonds. The number of halogens is 1. The molecule has 4 N–H and O–H groups in total. The molecule has 7 rings (SSSR count). The maximum Gasteiger partial charge on any atom is 0.407 e. The van der Waals surface area contributed by atoms with Crippen molar-refractivity contribution < 1.29 is 33.4 Å². The van der Waals surface area contributed by atoms with Crippen LogP contribution in [0.4, 0.5) is 9.59 Å². The normalized spacial score (nSPS) is 18.8. The second-order valence-corrected chi connectivity index (χ2v) is 16.0. The summed E-state index contributed by atoms with van der Waals surface area (Å²) in [6.45, 7) is 8.84. The van der Waals surface area contributed by atoms with Crippen molar-refractivity contribution in [3.05, 3.63) is 70.5 Å². The van der Waals surface area contributed by atoms with E-state index in [9.17, 15) is 19.2 Å². The van der Waals surface area contributed by atoms with Crippen LogP contribution in [0.1, 0.15) is 94.7 Å². The highest BCUT2D eigenvalue weighted by molar-refractivity contribution is 6.33. The van der Waals surface area contributed by atoms with Crippen molar-refractivity contribution in [2.24, 2.45) is 11.8 Å². The molecule has 15 nitrogen and oxygen atoms in total. The lowest BCUT2D eigenvalue weighted by Crippen LogP contribution is -2.51. The average Bonchev–Trinajstić information content (AvgIpc) is 4.06. The third-order valence-corrected chi connectivity index (χ3v) is 11.9. The third kappa shape index (κ3) is 8.09. The number of rotatable bonds is 11. The molecular weight excluding hydrogens is 764 g/mol. The van der Waals surface area contributed by atoms with E-state index in [0.29, 0.717) is 54.0 Å². The van der Waals surface area contributed by atoms with Gasteiger partial charge in [0, 0.05) is 36.2 Å². The van der Waals surface area contributed by atoms with Crippen LogP contribution in [0.25, 0.3) is 22.5 Å². The summed E-state index contributed by atoms with van der Waals surface area (Å²) in [6.07, 6.45) is 6.68. The summed E-state index contributed by atoms with van der Waals surface area (Å²) in [5.41, 5.74) is 5.10. The smallest absolute Gasteiger partial charge is 0.407 e. The Morgan fingerprint density at radius 3 is 2.00 bits per heavy atom. The Kier molecular flexibility index (Phi) is 12.0. The summed E-state index contributed by atoms with van der Waals surface area (Å²) >= 11 is 6.93. The Morgan fingerprint density at radius 2 is 1.40 bits per heavy atom. The monoisotopic (exact) mass is 814 g/mol. The van der Waals surface area contributed by atoms with Crippen LogP contribution >= 0.6 is 11.6 Å². The molecule has 0 bridgehead atoms. The number of aromatic nitrogens is 4. The highest BCUT2D eigenvalue weighted by Gasteiger charge is 2.39. The molecule has 3 aliphatic heterocycles. The molecule has 0 aliphatic carbocycles. The Labute approximate surface area is 342 Å². The van der Waals surface area contributed by atoms with Gasteiger partial charge in [-0.3, -0.25) is 9.59 Å². The molecule has 0 unspecified atom stereocenters. The van der Waals surface area contributed by atoms with Gasteiger partial charge < -0.3 is 44.6 Å². The van der Waals surface area contributed by atoms with Crippen LogP contribution in [0.3, 0.4) is 0 Å². The number of fused-ring (bicyclic) bond motifs is 2. The van der Waals surface area contributed by atoms with Crippen LogP contribution in [0.2, 0.25) is 5.02 Å². The first-order valence-corrected chi connectivity index (χ1v) is 20.3. The summed E-state index contributed by atoms with van der Waals surface area (Å²) < 4.78 is 16.0. The van der Waals surface area contributed by atoms with E-state index < -0.39 is 24.3 Å². The molecular formula is C42H51ClN8O7. The van der Waals surface area contributed by atoms with Gasteiger partial charge in [-0.15, -0.1) is 0 Å². The largest absolute Gasteiger partial charge is 0.457 e. The highest BCUT2D eigenvalue weighted by atomic mass is 35.5. The first-order valence-electron chi connectivity index (χ1n) is 19.9. The molecule has 4 aromatic rings. The second kappa shape index (κ2) is 17.1. The van der Waals surface area contributed by atoms with Gasteiger partial charge in [-0.1, -0.05) is 45.7 Å². The van der Waals surface area contributed by atoms with Crippen molar-refractivity contribution in [3.63, 3.8) is 0 Å². The van der Waals surface area contributed by atoms with E-state index in [2.05, 4.69) is 26.7 Å². The van der Waals surface area contributed by atoms with Crippen molar-refractivity contribution in [1.29, 1.82) is 0 Å². The summed E-state index contributed by atoms with van der Waals surface area (Å²) in [6, 6.07) is 7.90. The number of ether oxygens (including phenoxy) is 3. The number of benzene rings is 2. The van der Waals surface area contributed by atoms with Crippen molar-refractivity contribution >= 4 is 35.6 Å². The zero-order valence-electron chi connectivity index (χ0n) is 33.7. The van der Waals surface area contributed by atoms with Gasteiger partial charge in [0.05, 0.1) is 55.1 Å². The third-order valence-electron chi connectivity index (χ3n) is 11.6. The van der Waals surface area contributed by atoms with Gasteiger partial charge in [-0.25, -0.2) is 19.6 Å². The number of aromatic amines is 2. The van der Waals surface area contributed by atoms with E-state index in [4.69, 9.17) is 35.8 Å². The molecule has 0 spiro atoms. The van der Waals surface area contributed by atoms with Gasteiger partial charge in [0.2, 0.25) is 11.8 Å². The number of likely N-dealkylation sites (tertiary alicyclic amines) is 2. The number of carbonyl (C=O) groups is 4. The van der Waals surface area contributed by atoms with Crippen LogP contribution in [0, 0.1) is 11.8 Å². The van der Waals surface area contributed by atoms with E-state index in [1.54, 1.807) is 22.2 Å².